The van der Waals surface area contributed by atoms with Gasteiger partial charge in [0.25, 0.3) is 0 Å². The van der Waals surface area contributed by atoms with E-state index in [1.54, 1.807) is 4.90 Å². The quantitative estimate of drug-likeness (QED) is 0.916. The zero-order chi connectivity index (χ0) is 15.6. The summed E-state index contributed by atoms with van der Waals surface area (Å²) in [6.45, 7) is 9.96. The summed E-state index contributed by atoms with van der Waals surface area (Å²) in [5.41, 5.74) is 4.00. The van der Waals surface area contributed by atoms with Gasteiger partial charge in [0.15, 0.2) is 0 Å². The van der Waals surface area contributed by atoms with E-state index in [-0.39, 0.29) is 11.3 Å². The highest BCUT2D eigenvalue weighted by molar-refractivity contribution is 5.95. The molecule has 0 saturated carbocycles. The summed E-state index contributed by atoms with van der Waals surface area (Å²) in [7, 11) is 1.87. The summed E-state index contributed by atoms with van der Waals surface area (Å²) in [5, 5.41) is 3.60. The number of rotatable bonds is 4. The van der Waals surface area contributed by atoms with Gasteiger partial charge in [-0.3, -0.25) is 4.79 Å². The molecule has 0 aromatic heterocycles. The molecule has 3 nitrogen and oxygen atoms in total. The van der Waals surface area contributed by atoms with E-state index in [2.05, 4.69) is 51.2 Å². The van der Waals surface area contributed by atoms with Crippen LogP contribution in [0.25, 0.3) is 0 Å². The van der Waals surface area contributed by atoms with E-state index in [0.29, 0.717) is 12.5 Å². The standard InChI is InChI=1S/C18H28N2O/c1-6-19-15(12-18(2,3)4)13-7-9-16-14(11-13)8-10-17(21)20(16)5/h7,9,11,15,19H,6,8,10,12H2,1-5H3. The molecule has 21 heavy (non-hydrogen) atoms. The number of fused-ring (bicyclic) bond motifs is 1. The molecule has 0 aliphatic carbocycles. The number of anilines is 1. The number of aryl methyl sites for hydroxylation is 1. The van der Waals surface area contributed by atoms with E-state index in [0.717, 1.165) is 25.1 Å². The lowest BCUT2D eigenvalue weighted by Gasteiger charge is -2.30. The maximum atomic E-state index is 11.8. The fraction of sp³-hybridized carbons (Fsp3) is 0.611. The minimum atomic E-state index is 0.216. The minimum Gasteiger partial charge on any atom is -0.315 e. The second-order valence-electron chi connectivity index (χ2n) is 7.22. The molecule has 1 unspecified atom stereocenters. The molecule has 0 spiro atoms. The Morgan fingerprint density at radius 2 is 2.00 bits per heavy atom. The van der Waals surface area contributed by atoms with Crippen LogP contribution < -0.4 is 10.2 Å². The lowest BCUT2D eigenvalue weighted by molar-refractivity contribution is -0.118. The average Bonchev–Trinajstić information content (AvgIpc) is 2.41. The van der Waals surface area contributed by atoms with Gasteiger partial charge in [-0.15, -0.1) is 0 Å². The van der Waals surface area contributed by atoms with Crippen LogP contribution in [0.4, 0.5) is 5.69 Å². The second kappa shape index (κ2) is 6.18. The first-order valence-electron chi connectivity index (χ1n) is 7.94. The zero-order valence-electron chi connectivity index (χ0n) is 14.0. The lowest BCUT2D eigenvalue weighted by atomic mass is 9.84. The van der Waals surface area contributed by atoms with Crippen LogP contribution in [0.2, 0.25) is 0 Å². The van der Waals surface area contributed by atoms with Crippen molar-refractivity contribution in [3.8, 4) is 0 Å². The first-order valence-corrected chi connectivity index (χ1v) is 7.94. The molecule has 3 heteroatoms. The molecule has 0 radical (unpaired) electrons. The number of amides is 1. The molecule has 0 fully saturated rings. The number of carbonyl (C=O) groups excluding carboxylic acids is 1. The number of hydrogen-bond donors (Lipinski definition) is 1. The fourth-order valence-corrected chi connectivity index (χ4v) is 3.06. The van der Waals surface area contributed by atoms with Gasteiger partial charge in [-0.1, -0.05) is 39.8 Å². The largest absolute Gasteiger partial charge is 0.315 e. The third kappa shape index (κ3) is 3.85. The van der Waals surface area contributed by atoms with Crippen LogP contribution in [0.5, 0.6) is 0 Å². The van der Waals surface area contributed by atoms with Crippen LogP contribution in [0, 0.1) is 5.41 Å². The third-order valence-electron chi connectivity index (χ3n) is 4.12. The molecule has 1 N–H and O–H groups in total. The van der Waals surface area contributed by atoms with Crippen molar-refractivity contribution in [3.63, 3.8) is 0 Å². The van der Waals surface area contributed by atoms with Crippen molar-refractivity contribution in [2.24, 2.45) is 5.41 Å². The second-order valence-corrected chi connectivity index (χ2v) is 7.22. The van der Waals surface area contributed by atoms with E-state index in [4.69, 9.17) is 0 Å². The molecule has 1 aromatic carbocycles. The van der Waals surface area contributed by atoms with Gasteiger partial charge in [-0.05, 0) is 42.0 Å². The number of nitrogens with one attached hydrogen (secondary N) is 1. The zero-order valence-corrected chi connectivity index (χ0v) is 14.0. The lowest BCUT2D eigenvalue weighted by Crippen LogP contribution is -2.31. The van der Waals surface area contributed by atoms with Gasteiger partial charge >= 0.3 is 0 Å². The Kier molecular flexibility index (Phi) is 4.72. The molecule has 1 atom stereocenters. The number of nitrogens with zero attached hydrogens (tertiary/aromatic N) is 1. The Bertz CT molecular complexity index is 516. The Labute approximate surface area is 128 Å². The van der Waals surface area contributed by atoms with Crippen molar-refractivity contribution in [3.05, 3.63) is 29.3 Å². The molecule has 1 aliphatic rings. The normalized spacial score (nSPS) is 16.8. The van der Waals surface area contributed by atoms with Crippen LogP contribution >= 0.6 is 0 Å². The summed E-state index contributed by atoms with van der Waals surface area (Å²) in [5.74, 6) is 0.216. The highest BCUT2D eigenvalue weighted by Gasteiger charge is 2.24. The maximum Gasteiger partial charge on any atom is 0.227 e. The van der Waals surface area contributed by atoms with Gasteiger partial charge in [0.05, 0.1) is 0 Å². The van der Waals surface area contributed by atoms with Crippen LogP contribution in [0.1, 0.15) is 57.7 Å². The summed E-state index contributed by atoms with van der Waals surface area (Å²) in [4.78, 5) is 13.6. The average molecular weight is 288 g/mol. The van der Waals surface area contributed by atoms with Gasteiger partial charge in [-0.25, -0.2) is 0 Å². The summed E-state index contributed by atoms with van der Waals surface area (Å²) < 4.78 is 0. The maximum absolute atomic E-state index is 11.8. The predicted molar refractivity (Wildman–Crippen MR) is 88.7 cm³/mol. The monoisotopic (exact) mass is 288 g/mol. The number of carbonyl (C=O) groups is 1. The van der Waals surface area contributed by atoms with Crippen molar-refractivity contribution < 1.29 is 4.79 Å². The van der Waals surface area contributed by atoms with Crippen molar-refractivity contribution >= 4 is 11.6 Å². The molecule has 116 valence electrons. The van der Waals surface area contributed by atoms with Crippen LogP contribution in [0.15, 0.2) is 18.2 Å². The highest BCUT2D eigenvalue weighted by atomic mass is 16.2. The SMILES string of the molecule is CCNC(CC(C)(C)C)c1ccc2c(c1)CCC(=O)N2C. The van der Waals surface area contributed by atoms with Gasteiger partial charge in [-0.2, -0.15) is 0 Å². The Morgan fingerprint density at radius 1 is 1.29 bits per heavy atom. The molecule has 0 saturated heterocycles. The molecule has 2 rings (SSSR count). The Balaban J connectivity index is 2.29. The third-order valence-corrected chi connectivity index (χ3v) is 4.12. The van der Waals surface area contributed by atoms with Gasteiger partial charge in [0.1, 0.15) is 0 Å². The Hall–Kier alpha value is -1.35. The summed E-state index contributed by atoms with van der Waals surface area (Å²) in [6.07, 6.45) is 2.59. The van der Waals surface area contributed by atoms with Crippen molar-refractivity contribution in [1.82, 2.24) is 5.32 Å². The number of benzene rings is 1. The summed E-state index contributed by atoms with van der Waals surface area (Å²) >= 11 is 0. The predicted octanol–water partition coefficient (Wildman–Crippen LogP) is 3.68. The van der Waals surface area contributed by atoms with E-state index in [1.807, 2.05) is 7.05 Å². The van der Waals surface area contributed by atoms with Gasteiger partial charge < -0.3 is 10.2 Å². The first-order chi connectivity index (χ1) is 9.81. The molecule has 1 amide bonds. The molecule has 1 aliphatic heterocycles. The van der Waals surface area contributed by atoms with E-state index in [9.17, 15) is 4.79 Å². The van der Waals surface area contributed by atoms with Crippen molar-refractivity contribution in [2.75, 3.05) is 18.5 Å². The first kappa shape index (κ1) is 16.0. The molecule has 1 heterocycles. The van der Waals surface area contributed by atoms with Gasteiger partial charge in [0.2, 0.25) is 5.91 Å². The topological polar surface area (TPSA) is 32.3 Å². The van der Waals surface area contributed by atoms with Crippen LogP contribution in [0.3, 0.4) is 0 Å². The molecular formula is C18H28N2O. The van der Waals surface area contributed by atoms with Crippen molar-refractivity contribution in [2.45, 2.75) is 53.0 Å². The fourth-order valence-electron chi connectivity index (χ4n) is 3.06. The van der Waals surface area contributed by atoms with E-state index in [1.165, 1.54) is 11.1 Å². The molecular weight excluding hydrogens is 260 g/mol. The summed E-state index contributed by atoms with van der Waals surface area (Å²) in [6, 6.07) is 6.95. The highest BCUT2D eigenvalue weighted by Crippen LogP contribution is 2.33. The van der Waals surface area contributed by atoms with E-state index >= 15 is 0 Å². The van der Waals surface area contributed by atoms with Crippen LogP contribution in [-0.4, -0.2) is 19.5 Å². The Morgan fingerprint density at radius 3 is 2.62 bits per heavy atom. The van der Waals surface area contributed by atoms with Gasteiger partial charge in [0, 0.05) is 25.2 Å². The van der Waals surface area contributed by atoms with E-state index < -0.39 is 0 Å². The number of hydrogen-bond acceptors (Lipinski definition) is 2. The smallest absolute Gasteiger partial charge is 0.227 e. The molecule has 0 bridgehead atoms. The van der Waals surface area contributed by atoms with Crippen molar-refractivity contribution in [1.29, 1.82) is 0 Å². The minimum absolute atomic E-state index is 0.216. The van der Waals surface area contributed by atoms with Crippen LogP contribution in [-0.2, 0) is 11.2 Å². The molecule has 1 aromatic rings.